The molecule has 0 heterocycles. The highest BCUT2D eigenvalue weighted by atomic mass is 16.5. The van der Waals surface area contributed by atoms with Gasteiger partial charge in [-0.15, -0.1) is 0 Å². The van der Waals surface area contributed by atoms with Crippen molar-refractivity contribution in [2.45, 2.75) is 0 Å². The lowest BCUT2D eigenvalue weighted by atomic mass is 10.1. The number of carbonyl (C=O) groups excluding carboxylic acids is 1. The lowest BCUT2D eigenvalue weighted by molar-refractivity contribution is 0.479. The number of hydrogen-bond donors (Lipinski definition) is 0. The molecule has 2 heteroatoms. The van der Waals surface area contributed by atoms with Crippen LogP contribution < -0.4 is 4.74 Å². The molecule has 0 aromatic heterocycles. The van der Waals surface area contributed by atoms with Crippen LogP contribution in [-0.4, -0.2) is 6.29 Å². The fourth-order valence-electron chi connectivity index (χ4n) is 2.11. The van der Waals surface area contributed by atoms with E-state index in [1.165, 1.54) is 0 Å². The van der Waals surface area contributed by atoms with E-state index in [9.17, 15) is 4.79 Å². The fraction of sp³-hybridized carbons (Fsp3) is 0. The van der Waals surface area contributed by atoms with Crippen molar-refractivity contribution in [3.8, 4) is 22.6 Å². The SMILES string of the molecule is O=[C]c1ccccc1Oc1ccc(-c2ccccc2)cc1. The van der Waals surface area contributed by atoms with Crippen LogP contribution in [0.25, 0.3) is 11.1 Å². The molecular formula is C19H13O2. The normalized spacial score (nSPS) is 10.1. The molecule has 0 unspecified atom stereocenters. The van der Waals surface area contributed by atoms with Crippen molar-refractivity contribution in [3.63, 3.8) is 0 Å². The third-order valence-corrected chi connectivity index (χ3v) is 3.19. The zero-order valence-corrected chi connectivity index (χ0v) is 11.3. The van der Waals surface area contributed by atoms with Crippen LogP contribution in [0.15, 0.2) is 78.9 Å². The third kappa shape index (κ3) is 3.00. The highest BCUT2D eigenvalue weighted by Crippen LogP contribution is 2.27. The molecule has 3 aromatic rings. The van der Waals surface area contributed by atoms with E-state index in [0.29, 0.717) is 17.1 Å². The maximum absolute atomic E-state index is 10.9. The molecule has 1 radical (unpaired) electrons. The van der Waals surface area contributed by atoms with E-state index in [1.54, 1.807) is 18.2 Å². The van der Waals surface area contributed by atoms with Crippen molar-refractivity contribution in [1.82, 2.24) is 0 Å². The summed E-state index contributed by atoms with van der Waals surface area (Å²) in [5.74, 6) is 1.21. The minimum atomic E-state index is 0.421. The van der Waals surface area contributed by atoms with Crippen LogP contribution in [0.3, 0.4) is 0 Å². The summed E-state index contributed by atoms with van der Waals surface area (Å²) in [6, 6.07) is 25.0. The van der Waals surface area contributed by atoms with Gasteiger partial charge in [0, 0.05) is 0 Å². The first-order valence-corrected chi connectivity index (χ1v) is 6.67. The van der Waals surface area contributed by atoms with E-state index in [1.807, 2.05) is 54.8 Å². The van der Waals surface area contributed by atoms with Gasteiger partial charge in [-0.3, -0.25) is 4.79 Å². The Labute approximate surface area is 123 Å². The molecule has 2 nitrogen and oxygen atoms in total. The van der Waals surface area contributed by atoms with E-state index in [0.717, 1.165) is 11.1 Å². The Morgan fingerprint density at radius 1 is 0.667 bits per heavy atom. The van der Waals surface area contributed by atoms with Crippen LogP contribution in [0.1, 0.15) is 5.56 Å². The second-order valence-corrected chi connectivity index (χ2v) is 4.59. The first-order chi connectivity index (χ1) is 10.4. The number of hydrogen-bond acceptors (Lipinski definition) is 2. The second kappa shape index (κ2) is 6.06. The fourth-order valence-corrected chi connectivity index (χ4v) is 2.11. The van der Waals surface area contributed by atoms with Gasteiger partial charge in [0.15, 0.2) is 0 Å². The first-order valence-electron chi connectivity index (χ1n) is 6.67. The minimum absolute atomic E-state index is 0.421. The highest BCUT2D eigenvalue weighted by molar-refractivity contribution is 5.79. The monoisotopic (exact) mass is 273 g/mol. The Kier molecular flexibility index (Phi) is 3.79. The molecule has 0 saturated heterocycles. The van der Waals surface area contributed by atoms with Gasteiger partial charge >= 0.3 is 0 Å². The van der Waals surface area contributed by atoms with Gasteiger partial charge in [0.1, 0.15) is 11.5 Å². The Hall–Kier alpha value is -2.87. The standard InChI is InChI=1S/C19H13O2/c20-14-17-8-4-5-9-19(17)21-18-12-10-16(11-13-18)15-6-2-1-3-7-15/h1-13H. The average Bonchev–Trinajstić information content (AvgIpc) is 2.57. The van der Waals surface area contributed by atoms with Crippen molar-refractivity contribution >= 4 is 6.29 Å². The van der Waals surface area contributed by atoms with Crippen molar-refractivity contribution in [2.75, 3.05) is 0 Å². The summed E-state index contributed by atoms with van der Waals surface area (Å²) in [6.07, 6.45) is 1.88. The molecule has 0 aliphatic rings. The van der Waals surface area contributed by atoms with E-state index in [4.69, 9.17) is 4.74 Å². The third-order valence-electron chi connectivity index (χ3n) is 3.19. The van der Waals surface area contributed by atoms with Crippen LogP contribution in [0.5, 0.6) is 11.5 Å². The molecule has 0 fully saturated rings. The predicted octanol–water partition coefficient (Wildman–Crippen LogP) is 4.60. The molecule has 0 atom stereocenters. The summed E-state index contributed by atoms with van der Waals surface area (Å²) < 4.78 is 5.73. The maximum atomic E-state index is 10.9. The first kappa shape index (κ1) is 13.1. The average molecular weight is 273 g/mol. The summed E-state index contributed by atoms with van der Waals surface area (Å²) >= 11 is 0. The molecule has 0 aliphatic heterocycles. The van der Waals surface area contributed by atoms with Crippen molar-refractivity contribution in [1.29, 1.82) is 0 Å². The predicted molar refractivity (Wildman–Crippen MR) is 83.2 cm³/mol. The topological polar surface area (TPSA) is 26.3 Å². The second-order valence-electron chi connectivity index (χ2n) is 4.59. The van der Waals surface area contributed by atoms with Crippen LogP contribution in [0.2, 0.25) is 0 Å². The Morgan fingerprint density at radius 3 is 2.00 bits per heavy atom. The smallest absolute Gasteiger partial charge is 0.237 e. The molecule has 0 spiro atoms. The number of para-hydroxylation sites is 1. The van der Waals surface area contributed by atoms with E-state index < -0.39 is 0 Å². The molecule has 21 heavy (non-hydrogen) atoms. The Morgan fingerprint density at radius 2 is 1.29 bits per heavy atom. The van der Waals surface area contributed by atoms with E-state index >= 15 is 0 Å². The largest absolute Gasteiger partial charge is 0.457 e. The number of benzene rings is 3. The molecule has 0 bridgehead atoms. The summed E-state index contributed by atoms with van der Waals surface area (Å²) in [5.41, 5.74) is 2.70. The van der Waals surface area contributed by atoms with Gasteiger partial charge in [0.05, 0.1) is 5.56 Å². The van der Waals surface area contributed by atoms with Crippen LogP contribution in [0, 0.1) is 0 Å². The van der Waals surface area contributed by atoms with E-state index in [-0.39, 0.29) is 0 Å². The zero-order valence-electron chi connectivity index (χ0n) is 11.3. The summed E-state index contributed by atoms with van der Waals surface area (Å²) in [6.45, 7) is 0. The van der Waals surface area contributed by atoms with E-state index in [2.05, 4.69) is 12.1 Å². The highest BCUT2D eigenvalue weighted by Gasteiger charge is 2.04. The molecule has 101 valence electrons. The minimum Gasteiger partial charge on any atom is -0.457 e. The van der Waals surface area contributed by atoms with Gasteiger partial charge in [-0.2, -0.15) is 0 Å². The zero-order chi connectivity index (χ0) is 14.5. The summed E-state index contributed by atoms with van der Waals surface area (Å²) in [5, 5.41) is 0. The molecule has 0 amide bonds. The van der Waals surface area contributed by atoms with Crippen LogP contribution >= 0.6 is 0 Å². The van der Waals surface area contributed by atoms with Gasteiger partial charge in [-0.05, 0) is 35.4 Å². The van der Waals surface area contributed by atoms with Gasteiger partial charge in [-0.25, -0.2) is 0 Å². The van der Waals surface area contributed by atoms with Crippen molar-refractivity contribution < 1.29 is 9.53 Å². The lowest BCUT2D eigenvalue weighted by Gasteiger charge is -2.08. The van der Waals surface area contributed by atoms with Gasteiger partial charge in [-0.1, -0.05) is 54.6 Å². The number of ether oxygens (including phenoxy) is 1. The summed E-state index contributed by atoms with van der Waals surface area (Å²) in [7, 11) is 0. The number of rotatable bonds is 4. The molecule has 0 saturated carbocycles. The molecule has 3 aromatic carbocycles. The molecule has 3 rings (SSSR count). The van der Waals surface area contributed by atoms with Crippen LogP contribution in [-0.2, 0) is 4.79 Å². The molecule has 0 N–H and O–H groups in total. The van der Waals surface area contributed by atoms with Crippen molar-refractivity contribution in [3.05, 3.63) is 84.4 Å². The quantitative estimate of drug-likeness (QED) is 0.694. The van der Waals surface area contributed by atoms with Gasteiger partial charge in [0.25, 0.3) is 0 Å². The van der Waals surface area contributed by atoms with Crippen LogP contribution in [0.4, 0.5) is 0 Å². The van der Waals surface area contributed by atoms with Crippen molar-refractivity contribution in [2.24, 2.45) is 0 Å². The Balaban J connectivity index is 1.83. The van der Waals surface area contributed by atoms with Gasteiger partial charge < -0.3 is 4.74 Å². The molecular weight excluding hydrogens is 260 g/mol. The summed E-state index contributed by atoms with van der Waals surface area (Å²) in [4.78, 5) is 10.9. The maximum Gasteiger partial charge on any atom is 0.237 e. The molecule has 0 aliphatic carbocycles. The van der Waals surface area contributed by atoms with Gasteiger partial charge in [0.2, 0.25) is 6.29 Å². The lowest BCUT2D eigenvalue weighted by Crippen LogP contribution is -1.90. The Bertz CT molecular complexity index is 731.